The number of hydrogen-bond acceptors (Lipinski definition) is 2. The van der Waals surface area contributed by atoms with Crippen LogP contribution in [0.25, 0.3) is 0 Å². The number of carboxylic acid groups (broad SMARTS) is 2. The minimum atomic E-state index is -1.06. The molecule has 2 N–H and O–H groups in total. The Labute approximate surface area is 113 Å². The van der Waals surface area contributed by atoms with Gasteiger partial charge >= 0.3 is 11.9 Å². The molecule has 4 nitrogen and oxygen atoms in total. The average Bonchev–Trinajstić information content (AvgIpc) is 2.40. The summed E-state index contributed by atoms with van der Waals surface area (Å²) >= 11 is 0. The summed E-state index contributed by atoms with van der Waals surface area (Å²) in [5, 5.41) is 16.9. The third-order valence-corrected chi connectivity index (χ3v) is 1.67. The van der Waals surface area contributed by atoms with Crippen molar-refractivity contribution in [2.45, 2.75) is 20.3 Å². The van der Waals surface area contributed by atoms with E-state index in [1.165, 1.54) is 24.3 Å². The van der Waals surface area contributed by atoms with Crippen LogP contribution in [-0.2, 0) is 0 Å². The summed E-state index contributed by atoms with van der Waals surface area (Å²) in [6.07, 6.45) is 4.71. The molecule has 0 aliphatic rings. The normalized spacial score (nSPS) is 7.89. The van der Waals surface area contributed by atoms with E-state index in [1.807, 2.05) is 13.0 Å². The molecule has 0 aliphatic heterocycles. The standard InChI is InChI=1S/C8H6O4.C4H8.C3H6/c9-7(10)5-1-2-6(4-3-5)8(11)12;1-3-4-2;1-3-2/h1-4H,(H,9,10)(H,11,12);3H,1,4H2,2H3;3H,1H2,2H3. The van der Waals surface area contributed by atoms with Crippen LogP contribution in [0.3, 0.4) is 0 Å². The first-order chi connectivity index (χ1) is 8.94. The fraction of sp³-hybridized carbons (Fsp3) is 0.200. The van der Waals surface area contributed by atoms with Gasteiger partial charge in [-0.25, -0.2) is 9.59 Å². The van der Waals surface area contributed by atoms with Crippen molar-refractivity contribution < 1.29 is 19.8 Å². The van der Waals surface area contributed by atoms with Gasteiger partial charge in [0.15, 0.2) is 0 Å². The van der Waals surface area contributed by atoms with E-state index in [1.54, 1.807) is 6.08 Å². The maximum absolute atomic E-state index is 10.3. The second-order valence-electron chi connectivity index (χ2n) is 3.29. The smallest absolute Gasteiger partial charge is 0.335 e. The van der Waals surface area contributed by atoms with Crippen molar-refractivity contribution in [1.29, 1.82) is 0 Å². The van der Waals surface area contributed by atoms with Gasteiger partial charge in [0.25, 0.3) is 0 Å². The molecule has 0 saturated heterocycles. The highest BCUT2D eigenvalue weighted by Crippen LogP contribution is 2.03. The molecule has 0 heterocycles. The van der Waals surface area contributed by atoms with Gasteiger partial charge in [-0.15, -0.1) is 13.2 Å². The Bertz CT molecular complexity index is 372. The van der Waals surface area contributed by atoms with Crippen molar-refractivity contribution in [2.75, 3.05) is 0 Å². The SMILES string of the molecule is C=CC.C=CCC.O=C(O)c1ccc(C(=O)O)cc1. The van der Waals surface area contributed by atoms with E-state index in [2.05, 4.69) is 20.1 Å². The van der Waals surface area contributed by atoms with Crippen molar-refractivity contribution in [2.24, 2.45) is 0 Å². The van der Waals surface area contributed by atoms with Crippen LogP contribution in [0.2, 0.25) is 0 Å². The molecule has 4 heteroatoms. The van der Waals surface area contributed by atoms with Gasteiger partial charge in [0.1, 0.15) is 0 Å². The molecule has 0 aliphatic carbocycles. The Morgan fingerprint density at radius 2 is 1.26 bits per heavy atom. The first-order valence-electron chi connectivity index (χ1n) is 5.69. The molecule has 0 bridgehead atoms. The van der Waals surface area contributed by atoms with Gasteiger partial charge in [-0.05, 0) is 37.6 Å². The van der Waals surface area contributed by atoms with Gasteiger partial charge in [-0.1, -0.05) is 19.1 Å². The third kappa shape index (κ3) is 10.5. The summed E-state index contributed by atoms with van der Waals surface area (Å²) in [7, 11) is 0. The number of hydrogen-bond donors (Lipinski definition) is 2. The van der Waals surface area contributed by atoms with Crippen LogP contribution >= 0.6 is 0 Å². The van der Waals surface area contributed by atoms with Gasteiger partial charge < -0.3 is 10.2 Å². The number of benzene rings is 1. The summed E-state index contributed by atoms with van der Waals surface area (Å²) in [6, 6.07) is 5.02. The number of aromatic carboxylic acids is 2. The lowest BCUT2D eigenvalue weighted by atomic mass is 10.1. The van der Waals surface area contributed by atoms with Crippen molar-refractivity contribution in [3.63, 3.8) is 0 Å². The largest absolute Gasteiger partial charge is 0.478 e. The minimum absolute atomic E-state index is 0.0833. The fourth-order valence-electron chi connectivity index (χ4n) is 0.755. The third-order valence-electron chi connectivity index (χ3n) is 1.67. The monoisotopic (exact) mass is 264 g/mol. The van der Waals surface area contributed by atoms with Crippen LogP contribution in [0, 0.1) is 0 Å². The summed E-state index contributed by atoms with van der Waals surface area (Å²) in [6.45, 7) is 10.8. The van der Waals surface area contributed by atoms with Gasteiger partial charge in [0, 0.05) is 0 Å². The van der Waals surface area contributed by atoms with Crippen LogP contribution in [0.4, 0.5) is 0 Å². The first kappa shape index (κ1) is 19.0. The van der Waals surface area contributed by atoms with E-state index in [0.717, 1.165) is 6.42 Å². The predicted octanol–water partition coefficient (Wildman–Crippen LogP) is 3.86. The van der Waals surface area contributed by atoms with E-state index < -0.39 is 11.9 Å². The van der Waals surface area contributed by atoms with E-state index in [-0.39, 0.29) is 11.1 Å². The molecule has 0 radical (unpaired) electrons. The highest BCUT2D eigenvalue weighted by molar-refractivity contribution is 5.91. The molecular formula is C15H20O4. The molecule has 0 amide bonds. The highest BCUT2D eigenvalue weighted by Gasteiger charge is 2.04. The van der Waals surface area contributed by atoms with Gasteiger partial charge in [-0.2, -0.15) is 0 Å². The van der Waals surface area contributed by atoms with E-state index in [0.29, 0.717) is 0 Å². The Balaban J connectivity index is 0. The quantitative estimate of drug-likeness (QED) is 0.813. The van der Waals surface area contributed by atoms with Gasteiger partial charge in [-0.3, -0.25) is 0 Å². The topological polar surface area (TPSA) is 74.6 Å². The van der Waals surface area contributed by atoms with Crippen LogP contribution in [0.1, 0.15) is 41.0 Å². The van der Waals surface area contributed by atoms with Gasteiger partial charge in [0.05, 0.1) is 11.1 Å². The Kier molecular flexibility index (Phi) is 12.1. The lowest BCUT2D eigenvalue weighted by Crippen LogP contribution is -1.99. The molecule has 1 aromatic rings. The number of carbonyl (C=O) groups is 2. The second-order valence-corrected chi connectivity index (χ2v) is 3.29. The molecule has 0 saturated carbocycles. The zero-order valence-corrected chi connectivity index (χ0v) is 11.3. The minimum Gasteiger partial charge on any atom is -0.478 e. The molecule has 104 valence electrons. The predicted molar refractivity (Wildman–Crippen MR) is 76.7 cm³/mol. The number of allylic oxidation sites excluding steroid dienone is 2. The van der Waals surface area contributed by atoms with Gasteiger partial charge in [0.2, 0.25) is 0 Å². The molecule has 19 heavy (non-hydrogen) atoms. The maximum Gasteiger partial charge on any atom is 0.335 e. The summed E-state index contributed by atoms with van der Waals surface area (Å²) in [4.78, 5) is 20.7. The van der Waals surface area contributed by atoms with Crippen molar-refractivity contribution in [3.05, 3.63) is 60.7 Å². The van der Waals surface area contributed by atoms with Crippen LogP contribution in [-0.4, -0.2) is 22.2 Å². The lowest BCUT2D eigenvalue weighted by Gasteiger charge is -1.94. The summed E-state index contributed by atoms with van der Waals surface area (Å²) < 4.78 is 0. The summed E-state index contributed by atoms with van der Waals surface area (Å²) in [5.74, 6) is -2.13. The molecule has 1 rings (SSSR count). The molecule has 0 fully saturated rings. The first-order valence-corrected chi connectivity index (χ1v) is 5.69. The number of rotatable bonds is 3. The van der Waals surface area contributed by atoms with Crippen molar-refractivity contribution >= 4 is 11.9 Å². The maximum atomic E-state index is 10.3. The Hall–Kier alpha value is -2.36. The van der Waals surface area contributed by atoms with Crippen molar-refractivity contribution in [3.8, 4) is 0 Å². The molecule has 0 spiro atoms. The van der Waals surface area contributed by atoms with Crippen LogP contribution < -0.4 is 0 Å². The molecule has 0 atom stereocenters. The lowest BCUT2D eigenvalue weighted by molar-refractivity contribution is 0.0681. The van der Waals surface area contributed by atoms with Crippen molar-refractivity contribution in [1.82, 2.24) is 0 Å². The highest BCUT2D eigenvalue weighted by atomic mass is 16.4. The van der Waals surface area contributed by atoms with E-state index >= 15 is 0 Å². The van der Waals surface area contributed by atoms with Crippen LogP contribution in [0.15, 0.2) is 49.6 Å². The average molecular weight is 264 g/mol. The zero-order chi connectivity index (χ0) is 15.3. The number of carboxylic acids is 2. The zero-order valence-electron chi connectivity index (χ0n) is 11.3. The second kappa shape index (κ2) is 12.1. The molecular weight excluding hydrogens is 244 g/mol. The Morgan fingerprint density at radius 3 is 1.37 bits per heavy atom. The molecule has 0 aromatic heterocycles. The van der Waals surface area contributed by atoms with E-state index in [4.69, 9.17) is 10.2 Å². The molecule has 1 aromatic carbocycles. The van der Waals surface area contributed by atoms with Crippen LogP contribution in [0.5, 0.6) is 0 Å². The Morgan fingerprint density at radius 1 is 1.05 bits per heavy atom. The van der Waals surface area contributed by atoms with E-state index in [9.17, 15) is 9.59 Å². The summed E-state index contributed by atoms with van der Waals surface area (Å²) in [5.41, 5.74) is 0.167. The molecule has 0 unspecified atom stereocenters. The fourth-order valence-corrected chi connectivity index (χ4v) is 0.755.